The van der Waals surface area contributed by atoms with E-state index in [1.807, 2.05) is 24.3 Å². The summed E-state index contributed by atoms with van der Waals surface area (Å²) < 4.78 is 5.29. The van der Waals surface area contributed by atoms with Crippen LogP contribution in [0.1, 0.15) is 5.56 Å². The molecule has 0 saturated carbocycles. The number of ether oxygens (including phenoxy) is 1. The van der Waals surface area contributed by atoms with Crippen molar-refractivity contribution in [2.24, 2.45) is 0 Å². The van der Waals surface area contributed by atoms with Gasteiger partial charge in [-0.2, -0.15) is 0 Å². The SMILES string of the molecule is S=C1NC=COc2ccccc21. The van der Waals surface area contributed by atoms with Gasteiger partial charge in [-0.1, -0.05) is 24.4 Å². The molecule has 1 aliphatic heterocycles. The molecular formula is C9H7NOS. The fraction of sp³-hybridized carbons (Fsp3) is 0. The summed E-state index contributed by atoms with van der Waals surface area (Å²) in [4.78, 5) is 0.694. The number of rotatable bonds is 0. The molecule has 2 nitrogen and oxygen atoms in total. The third-order valence-corrected chi connectivity index (χ3v) is 1.95. The van der Waals surface area contributed by atoms with Crippen LogP contribution in [0, 0.1) is 0 Å². The second-order valence-electron chi connectivity index (χ2n) is 2.39. The van der Waals surface area contributed by atoms with Gasteiger partial charge in [-0.25, -0.2) is 0 Å². The molecular weight excluding hydrogens is 170 g/mol. The predicted octanol–water partition coefficient (Wildman–Crippen LogP) is 1.82. The van der Waals surface area contributed by atoms with E-state index >= 15 is 0 Å². The van der Waals surface area contributed by atoms with Gasteiger partial charge in [-0.3, -0.25) is 0 Å². The molecule has 0 aliphatic carbocycles. The van der Waals surface area contributed by atoms with Crippen molar-refractivity contribution in [3.8, 4) is 5.75 Å². The molecule has 1 aromatic rings. The maximum atomic E-state index is 5.29. The summed E-state index contributed by atoms with van der Waals surface area (Å²) in [5, 5.41) is 2.93. The Kier molecular flexibility index (Phi) is 1.80. The summed E-state index contributed by atoms with van der Waals surface area (Å²) >= 11 is 5.10. The van der Waals surface area contributed by atoms with E-state index in [9.17, 15) is 0 Å². The highest BCUT2D eigenvalue weighted by molar-refractivity contribution is 7.80. The molecule has 0 spiro atoms. The molecule has 1 heterocycles. The van der Waals surface area contributed by atoms with Crippen molar-refractivity contribution < 1.29 is 4.74 Å². The molecule has 1 aromatic carbocycles. The molecule has 0 amide bonds. The molecule has 0 unspecified atom stereocenters. The topological polar surface area (TPSA) is 21.3 Å². The van der Waals surface area contributed by atoms with Gasteiger partial charge in [0, 0.05) is 6.20 Å². The van der Waals surface area contributed by atoms with Crippen LogP contribution < -0.4 is 10.1 Å². The van der Waals surface area contributed by atoms with Crippen LogP contribution in [-0.4, -0.2) is 4.99 Å². The lowest BCUT2D eigenvalue weighted by Crippen LogP contribution is -2.13. The molecule has 2 rings (SSSR count). The van der Waals surface area contributed by atoms with Gasteiger partial charge in [0.25, 0.3) is 0 Å². The van der Waals surface area contributed by atoms with Crippen molar-refractivity contribution in [1.29, 1.82) is 0 Å². The smallest absolute Gasteiger partial charge is 0.136 e. The Balaban J connectivity index is 2.52. The zero-order valence-electron chi connectivity index (χ0n) is 6.28. The molecule has 0 saturated heterocycles. The number of benzene rings is 1. The highest BCUT2D eigenvalue weighted by atomic mass is 32.1. The number of hydrogen-bond acceptors (Lipinski definition) is 2. The Labute approximate surface area is 75.9 Å². The van der Waals surface area contributed by atoms with E-state index in [1.165, 1.54) is 0 Å². The quantitative estimate of drug-likeness (QED) is 0.611. The first-order valence-corrected chi connectivity index (χ1v) is 4.00. The summed E-state index contributed by atoms with van der Waals surface area (Å²) in [6.45, 7) is 0. The second kappa shape index (κ2) is 2.95. The third kappa shape index (κ3) is 1.19. The fourth-order valence-corrected chi connectivity index (χ4v) is 1.29. The van der Waals surface area contributed by atoms with E-state index < -0.39 is 0 Å². The van der Waals surface area contributed by atoms with E-state index in [0.29, 0.717) is 4.99 Å². The van der Waals surface area contributed by atoms with E-state index in [0.717, 1.165) is 11.3 Å². The molecule has 3 heteroatoms. The molecule has 12 heavy (non-hydrogen) atoms. The Bertz CT molecular complexity index is 346. The van der Waals surface area contributed by atoms with Crippen LogP contribution >= 0.6 is 12.2 Å². The highest BCUT2D eigenvalue weighted by Crippen LogP contribution is 2.19. The van der Waals surface area contributed by atoms with Crippen molar-refractivity contribution in [2.75, 3.05) is 0 Å². The van der Waals surface area contributed by atoms with Crippen LogP contribution in [0.2, 0.25) is 0 Å². The minimum absolute atomic E-state index is 0.694. The second-order valence-corrected chi connectivity index (χ2v) is 2.80. The number of fused-ring (bicyclic) bond motifs is 1. The molecule has 0 bridgehead atoms. The normalized spacial score (nSPS) is 14.2. The zero-order valence-corrected chi connectivity index (χ0v) is 7.10. The zero-order chi connectivity index (χ0) is 8.39. The first-order chi connectivity index (χ1) is 5.88. The van der Waals surface area contributed by atoms with Crippen molar-refractivity contribution >= 4 is 17.2 Å². The Hall–Kier alpha value is -1.35. The standard InChI is InChI=1S/C9H7NOS/c12-9-7-3-1-2-4-8(7)11-6-5-10-9/h1-6H,(H,10,12). The third-order valence-electron chi connectivity index (χ3n) is 1.61. The minimum Gasteiger partial charge on any atom is -0.463 e. The highest BCUT2D eigenvalue weighted by Gasteiger charge is 2.08. The monoisotopic (exact) mass is 177 g/mol. The van der Waals surface area contributed by atoms with Crippen LogP contribution in [0.25, 0.3) is 0 Å². The van der Waals surface area contributed by atoms with E-state index in [2.05, 4.69) is 5.32 Å². The van der Waals surface area contributed by atoms with Crippen molar-refractivity contribution in [3.63, 3.8) is 0 Å². The predicted molar refractivity (Wildman–Crippen MR) is 51.0 cm³/mol. The lowest BCUT2D eigenvalue weighted by molar-refractivity contribution is 0.480. The molecule has 60 valence electrons. The molecule has 0 radical (unpaired) electrons. The summed E-state index contributed by atoms with van der Waals surface area (Å²) in [6, 6.07) is 7.67. The van der Waals surface area contributed by atoms with Gasteiger partial charge in [0.2, 0.25) is 0 Å². The Morgan fingerprint density at radius 1 is 1.25 bits per heavy atom. The van der Waals surface area contributed by atoms with Crippen molar-refractivity contribution in [1.82, 2.24) is 5.32 Å². The average Bonchev–Trinajstić information content (AvgIpc) is 2.29. The van der Waals surface area contributed by atoms with E-state index in [-0.39, 0.29) is 0 Å². The summed E-state index contributed by atoms with van der Waals surface area (Å²) in [6.07, 6.45) is 3.26. The first-order valence-electron chi connectivity index (χ1n) is 3.59. The number of hydrogen-bond donors (Lipinski definition) is 1. The van der Waals surface area contributed by atoms with E-state index in [4.69, 9.17) is 17.0 Å². The van der Waals surface area contributed by atoms with Crippen LogP contribution in [0.5, 0.6) is 5.75 Å². The van der Waals surface area contributed by atoms with Crippen LogP contribution in [0.4, 0.5) is 0 Å². The molecule has 1 N–H and O–H groups in total. The maximum absolute atomic E-state index is 5.29. The summed E-state index contributed by atoms with van der Waals surface area (Å²) in [5.41, 5.74) is 0.928. The number of para-hydroxylation sites is 1. The van der Waals surface area contributed by atoms with Crippen LogP contribution in [-0.2, 0) is 0 Å². The van der Waals surface area contributed by atoms with Crippen LogP contribution in [0.15, 0.2) is 36.7 Å². The van der Waals surface area contributed by atoms with Gasteiger partial charge in [0.05, 0.1) is 5.56 Å². The first kappa shape index (κ1) is 7.31. The molecule has 0 aromatic heterocycles. The minimum atomic E-state index is 0.694. The van der Waals surface area contributed by atoms with Gasteiger partial charge < -0.3 is 10.1 Å². The van der Waals surface area contributed by atoms with Gasteiger partial charge in [0.1, 0.15) is 17.0 Å². The number of thiocarbonyl (C=S) groups is 1. The van der Waals surface area contributed by atoms with Gasteiger partial charge in [-0.05, 0) is 12.1 Å². The Morgan fingerprint density at radius 3 is 3.00 bits per heavy atom. The average molecular weight is 177 g/mol. The van der Waals surface area contributed by atoms with Crippen LogP contribution in [0.3, 0.4) is 0 Å². The van der Waals surface area contributed by atoms with Gasteiger partial charge in [0.15, 0.2) is 0 Å². The van der Waals surface area contributed by atoms with E-state index in [1.54, 1.807) is 12.5 Å². The molecule has 0 fully saturated rings. The molecule has 1 aliphatic rings. The summed E-state index contributed by atoms with van der Waals surface area (Å²) in [7, 11) is 0. The fourth-order valence-electron chi connectivity index (χ4n) is 1.05. The maximum Gasteiger partial charge on any atom is 0.136 e. The molecule has 0 atom stereocenters. The Morgan fingerprint density at radius 2 is 2.08 bits per heavy atom. The number of nitrogens with one attached hydrogen (secondary N) is 1. The lowest BCUT2D eigenvalue weighted by atomic mass is 10.2. The van der Waals surface area contributed by atoms with Gasteiger partial charge >= 0.3 is 0 Å². The largest absolute Gasteiger partial charge is 0.463 e. The lowest BCUT2D eigenvalue weighted by Gasteiger charge is -2.04. The summed E-state index contributed by atoms with van der Waals surface area (Å²) in [5.74, 6) is 0.795. The van der Waals surface area contributed by atoms with Crippen molar-refractivity contribution in [3.05, 3.63) is 42.3 Å². The van der Waals surface area contributed by atoms with Crippen molar-refractivity contribution in [2.45, 2.75) is 0 Å². The van der Waals surface area contributed by atoms with Gasteiger partial charge in [-0.15, -0.1) is 0 Å².